The van der Waals surface area contributed by atoms with Crippen molar-refractivity contribution in [2.45, 2.75) is 65.5 Å². The fourth-order valence-electron chi connectivity index (χ4n) is 3.49. The lowest BCUT2D eigenvalue weighted by molar-refractivity contribution is 0.0782. The molecular weight excluding hydrogens is 220 g/mol. The van der Waals surface area contributed by atoms with E-state index in [1.165, 1.54) is 45.3 Å². The summed E-state index contributed by atoms with van der Waals surface area (Å²) in [7, 11) is 0. The van der Waals surface area contributed by atoms with E-state index in [1.54, 1.807) is 0 Å². The molecule has 0 bridgehead atoms. The SMILES string of the molecule is CCCC1CN(CC(C)C2CC2)C(C(C)C)CN1. The molecule has 1 heterocycles. The summed E-state index contributed by atoms with van der Waals surface area (Å²) in [5.41, 5.74) is 0. The van der Waals surface area contributed by atoms with Gasteiger partial charge in [0.2, 0.25) is 0 Å². The standard InChI is InChI=1S/C16H32N2/c1-5-6-15-11-18(10-13(4)14-7-8-14)16(9-17-15)12(2)3/h12-17H,5-11H2,1-4H3. The van der Waals surface area contributed by atoms with E-state index in [-0.39, 0.29) is 0 Å². The van der Waals surface area contributed by atoms with Gasteiger partial charge in [-0.05, 0) is 37.0 Å². The molecule has 0 radical (unpaired) electrons. The largest absolute Gasteiger partial charge is 0.311 e. The Labute approximate surface area is 114 Å². The number of nitrogens with zero attached hydrogens (tertiary/aromatic N) is 1. The van der Waals surface area contributed by atoms with Crippen LogP contribution in [-0.4, -0.2) is 36.6 Å². The number of rotatable bonds is 6. The zero-order chi connectivity index (χ0) is 13.1. The molecule has 0 aromatic rings. The van der Waals surface area contributed by atoms with E-state index >= 15 is 0 Å². The highest BCUT2D eigenvalue weighted by Gasteiger charge is 2.34. The third-order valence-electron chi connectivity index (χ3n) is 4.90. The summed E-state index contributed by atoms with van der Waals surface area (Å²) in [4.78, 5) is 2.80. The Morgan fingerprint density at radius 1 is 1.22 bits per heavy atom. The first-order valence-electron chi connectivity index (χ1n) is 8.09. The number of hydrogen-bond acceptors (Lipinski definition) is 2. The van der Waals surface area contributed by atoms with Crippen LogP contribution in [-0.2, 0) is 0 Å². The van der Waals surface area contributed by atoms with Crippen LogP contribution in [0.1, 0.15) is 53.4 Å². The lowest BCUT2D eigenvalue weighted by Crippen LogP contribution is -2.59. The number of hydrogen-bond donors (Lipinski definition) is 1. The van der Waals surface area contributed by atoms with Crippen molar-refractivity contribution in [2.24, 2.45) is 17.8 Å². The van der Waals surface area contributed by atoms with Crippen molar-refractivity contribution in [1.82, 2.24) is 10.2 Å². The van der Waals surface area contributed by atoms with Gasteiger partial charge in [-0.2, -0.15) is 0 Å². The minimum atomic E-state index is 0.733. The molecule has 0 amide bonds. The Morgan fingerprint density at radius 2 is 1.94 bits per heavy atom. The van der Waals surface area contributed by atoms with Gasteiger partial charge in [0.25, 0.3) is 0 Å². The summed E-state index contributed by atoms with van der Waals surface area (Å²) in [6.07, 6.45) is 5.60. The van der Waals surface area contributed by atoms with Crippen LogP contribution in [0.3, 0.4) is 0 Å². The molecule has 1 N–H and O–H groups in total. The summed E-state index contributed by atoms with van der Waals surface area (Å²) in [6.45, 7) is 13.3. The van der Waals surface area contributed by atoms with Crippen LogP contribution >= 0.6 is 0 Å². The van der Waals surface area contributed by atoms with Crippen LogP contribution in [0.4, 0.5) is 0 Å². The monoisotopic (exact) mass is 252 g/mol. The van der Waals surface area contributed by atoms with Gasteiger partial charge in [0, 0.05) is 31.7 Å². The molecule has 2 aliphatic rings. The van der Waals surface area contributed by atoms with Gasteiger partial charge in [0.05, 0.1) is 0 Å². The van der Waals surface area contributed by atoms with Crippen molar-refractivity contribution >= 4 is 0 Å². The van der Waals surface area contributed by atoms with Gasteiger partial charge in [-0.1, -0.05) is 34.1 Å². The molecule has 0 aromatic carbocycles. The zero-order valence-electron chi connectivity index (χ0n) is 12.8. The third-order valence-corrected chi connectivity index (χ3v) is 4.90. The Bertz CT molecular complexity index is 247. The maximum Gasteiger partial charge on any atom is 0.0244 e. The molecule has 2 nitrogen and oxygen atoms in total. The highest BCUT2D eigenvalue weighted by molar-refractivity contribution is 4.90. The molecule has 1 saturated heterocycles. The molecule has 1 saturated carbocycles. The van der Waals surface area contributed by atoms with E-state index in [1.807, 2.05) is 0 Å². The Balaban J connectivity index is 1.90. The topological polar surface area (TPSA) is 15.3 Å². The van der Waals surface area contributed by atoms with E-state index in [0.29, 0.717) is 0 Å². The molecule has 18 heavy (non-hydrogen) atoms. The second-order valence-electron chi connectivity index (χ2n) is 6.97. The van der Waals surface area contributed by atoms with Gasteiger partial charge in [-0.15, -0.1) is 0 Å². The average molecular weight is 252 g/mol. The molecule has 2 rings (SSSR count). The molecule has 1 aliphatic carbocycles. The van der Waals surface area contributed by atoms with Crippen LogP contribution in [0.15, 0.2) is 0 Å². The van der Waals surface area contributed by atoms with Crippen LogP contribution in [0, 0.1) is 17.8 Å². The van der Waals surface area contributed by atoms with Crippen molar-refractivity contribution in [2.75, 3.05) is 19.6 Å². The number of nitrogens with one attached hydrogen (secondary N) is 1. The fraction of sp³-hybridized carbons (Fsp3) is 1.00. The lowest BCUT2D eigenvalue weighted by atomic mass is 9.94. The molecular formula is C16H32N2. The number of piperazine rings is 1. The molecule has 2 fully saturated rings. The van der Waals surface area contributed by atoms with Crippen molar-refractivity contribution in [3.8, 4) is 0 Å². The highest BCUT2D eigenvalue weighted by atomic mass is 15.2. The summed E-state index contributed by atoms with van der Waals surface area (Å²) < 4.78 is 0. The van der Waals surface area contributed by atoms with Crippen LogP contribution in [0.2, 0.25) is 0 Å². The van der Waals surface area contributed by atoms with Crippen molar-refractivity contribution in [1.29, 1.82) is 0 Å². The van der Waals surface area contributed by atoms with Crippen molar-refractivity contribution in [3.63, 3.8) is 0 Å². The van der Waals surface area contributed by atoms with E-state index in [4.69, 9.17) is 0 Å². The molecule has 3 atom stereocenters. The van der Waals surface area contributed by atoms with Crippen LogP contribution < -0.4 is 5.32 Å². The van der Waals surface area contributed by atoms with Gasteiger partial charge in [-0.3, -0.25) is 4.90 Å². The molecule has 1 aliphatic heterocycles. The normalized spacial score (nSPS) is 31.8. The van der Waals surface area contributed by atoms with Crippen LogP contribution in [0.5, 0.6) is 0 Å². The van der Waals surface area contributed by atoms with E-state index < -0.39 is 0 Å². The van der Waals surface area contributed by atoms with E-state index in [0.717, 1.165) is 29.8 Å². The quantitative estimate of drug-likeness (QED) is 0.781. The minimum absolute atomic E-state index is 0.733. The second kappa shape index (κ2) is 6.38. The molecule has 0 spiro atoms. The van der Waals surface area contributed by atoms with Gasteiger partial charge in [0.15, 0.2) is 0 Å². The van der Waals surface area contributed by atoms with Gasteiger partial charge in [-0.25, -0.2) is 0 Å². The Kier molecular flexibility index (Phi) is 5.08. The first kappa shape index (κ1) is 14.3. The molecule has 106 valence electrons. The highest BCUT2D eigenvalue weighted by Crippen LogP contribution is 2.37. The average Bonchev–Trinajstić information content (AvgIpc) is 3.13. The Hall–Kier alpha value is -0.0800. The van der Waals surface area contributed by atoms with Crippen molar-refractivity contribution < 1.29 is 0 Å². The maximum atomic E-state index is 3.76. The zero-order valence-corrected chi connectivity index (χ0v) is 12.8. The van der Waals surface area contributed by atoms with E-state index in [9.17, 15) is 0 Å². The van der Waals surface area contributed by atoms with Crippen LogP contribution in [0.25, 0.3) is 0 Å². The van der Waals surface area contributed by atoms with E-state index in [2.05, 4.69) is 37.9 Å². The fourth-order valence-corrected chi connectivity index (χ4v) is 3.49. The predicted molar refractivity (Wildman–Crippen MR) is 78.8 cm³/mol. The molecule has 3 unspecified atom stereocenters. The maximum absolute atomic E-state index is 3.76. The summed E-state index contributed by atoms with van der Waals surface area (Å²) in [6, 6.07) is 1.48. The van der Waals surface area contributed by atoms with Gasteiger partial charge < -0.3 is 5.32 Å². The first-order chi connectivity index (χ1) is 8.61. The Morgan fingerprint density at radius 3 is 2.50 bits per heavy atom. The minimum Gasteiger partial charge on any atom is -0.311 e. The van der Waals surface area contributed by atoms with Crippen molar-refractivity contribution in [3.05, 3.63) is 0 Å². The smallest absolute Gasteiger partial charge is 0.0244 e. The van der Waals surface area contributed by atoms with Gasteiger partial charge >= 0.3 is 0 Å². The summed E-state index contributed by atoms with van der Waals surface area (Å²) in [5.74, 6) is 2.72. The summed E-state index contributed by atoms with van der Waals surface area (Å²) in [5, 5.41) is 3.76. The molecule has 0 aromatic heterocycles. The van der Waals surface area contributed by atoms with Gasteiger partial charge in [0.1, 0.15) is 0 Å². The summed E-state index contributed by atoms with van der Waals surface area (Å²) >= 11 is 0. The lowest BCUT2D eigenvalue weighted by Gasteiger charge is -2.43. The second-order valence-corrected chi connectivity index (χ2v) is 6.97. The first-order valence-corrected chi connectivity index (χ1v) is 8.09. The predicted octanol–water partition coefficient (Wildman–Crippen LogP) is 3.13. The molecule has 2 heteroatoms. The third kappa shape index (κ3) is 3.71.